The summed E-state index contributed by atoms with van der Waals surface area (Å²) >= 11 is 0. The Balaban J connectivity index is 2.03. The van der Waals surface area contributed by atoms with E-state index in [0.29, 0.717) is 12.2 Å². The number of aliphatic hydroxyl groups is 1. The smallest absolute Gasteiger partial charge is 0.253 e. The molecule has 5 nitrogen and oxygen atoms in total. The van der Waals surface area contributed by atoms with Gasteiger partial charge in [-0.15, -0.1) is 0 Å². The molecule has 0 spiro atoms. The van der Waals surface area contributed by atoms with E-state index in [1.807, 2.05) is 30.3 Å². The van der Waals surface area contributed by atoms with Gasteiger partial charge in [0.1, 0.15) is 11.4 Å². The molecule has 1 atom stereocenters. The molecule has 0 saturated carbocycles. The molecule has 0 aliphatic rings. The molecule has 0 saturated heterocycles. The highest BCUT2D eigenvalue weighted by atomic mass is 16.3. The van der Waals surface area contributed by atoms with E-state index in [4.69, 9.17) is 5.11 Å². The van der Waals surface area contributed by atoms with Gasteiger partial charge in [-0.3, -0.25) is 9.59 Å². The first-order chi connectivity index (χ1) is 9.09. The van der Waals surface area contributed by atoms with Crippen LogP contribution in [0.15, 0.2) is 39.9 Å². The molecule has 100 valence electrons. The van der Waals surface area contributed by atoms with Crippen LogP contribution in [0.3, 0.4) is 0 Å². The maximum atomic E-state index is 11.5. The molecule has 0 aliphatic carbocycles. The van der Waals surface area contributed by atoms with E-state index in [1.54, 1.807) is 6.92 Å². The quantitative estimate of drug-likeness (QED) is 0.666. The lowest BCUT2D eigenvalue weighted by Crippen LogP contribution is -2.38. The molecule has 2 aromatic rings. The fraction of sp³-hybridized carbons (Fsp3) is 0.286. The van der Waals surface area contributed by atoms with E-state index in [1.165, 1.54) is 0 Å². The number of hydrogen-bond donors (Lipinski definition) is 3. The molecule has 0 radical (unpaired) electrons. The van der Waals surface area contributed by atoms with Gasteiger partial charge in [0.05, 0.1) is 6.10 Å². The van der Waals surface area contributed by atoms with Crippen LogP contribution in [0.4, 0.5) is 11.4 Å². The van der Waals surface area contributed by atoms with Gasteiger partial charge >= 0.3 is 0 Å². The Morgan fingerprint density at radius 2 is 1.63 bits per heavy atom. The van der Waals surface area contributed by atoms with Crippen LogP contribution in [0.2, 0.25) is 0 Å². The van der Waals surface area contributed by atoms with Crippen LogP contribution < -0.4 is 21.5 Å². The highest BCUT2D eigenvalue weighted by Crippen LogP contribution is 2.15. The minimum atomic E-state index is -0.577. The number of aliphatic hydroxyl groups excluding tert-OH is 1. The predicted molar refractivity (Wildman–Crippen MR) is 75.3 cm³/mol. The topological polar surface area (TPSA) is 78.4 Å². The fourth-order valence-electron chi connectivity index (χ4n) is 1.77. The molecule has 0 fully saturated rings. The third-order valence-electron chi connectivity index (χ3n) is 2.80. The third kappa shape index (κ3) is 3.00. The van der Waals surface area contributed by atoms with Gasteiger partial charge in [-0.25, -0.2) is 0 Å². The molecule has 19 heavy (non-hydrogen) atoms. The van der Waals surface area contributed by atoms with E-state index in [2.05, 4.69) is 10.6 Å². The van der Waals surface area contributed by atoms with E-state index in [-0.39, 0.29) is 12.2 Å². The van der Waals surface area contributed by atoms with Gasteiger partial charge in [0.15, 0.2) is 0 Å². The number of hydrogen-bond acceptors (Lipinski definition) is 5. The molecular weight excluding hydrogens is 244 g/mol. The first-order valence-electron chi connectivity index (χ1n) is 6.12. The molecular formula is C14H16N2O3. The molecule has 2 rings (SSSR count). The van der Waals surface area contributed by atoms with Crippen molar-refractivity contribution in [3.8, 4) is 0 Å². The summed E-state index contributed by atoms with van der Waals surface area (Å²) in [6.45, 7) is 2.33. The minimum Gasteiger partial charge on any atom is -0.392 e. The zero-order valence-electron chi connectivity index (χ0n) is 10.6. The Bertz CT molecular complexity index is 613. The minimum absolute atomic E-state index is 0.241. The van der Waals surface area contributed by atoms with Gasteiger partial charge in [0, 0.05) is 13.1 Å². The maximum Gasteiger partial charge on any atom is 0.253 e. The second-order valence-electron chi connectivity index (χ2n) is 4.48. The van der Waals surface area contributed by atoms with E-state index in [0.717, 1.165) is 5.56 Å². The summed E-state index contributed by atoms with van der Waals surface area (Å²) in [5.74, 6) is 0. The molecule has 0 aliphatic heterocycles. The molecule has 5 heteroatoms. The Hall–Kier alpha value is -2.14. The fourth-order valence-corrected chi connectivity index (χ4v) is 1.77. The van der Waals surface area contributed by atoms with Crippen LogP contribution >= 0.6 is 0 Å². The van der Waals surface area contributed by atoms with Gasteiger partial charge < -0.3 is 15.7 Å². The SMILES string of the molecule is C[C@H](O)CNc1c(NCc2ccccc2)c(=O)c1=O. The van der Waals surface area contributed by atoms with Gasteiger partial charge in [-0.1, -0.05) is 30.3 Å². The van der Waals surface area contributed by atoms with Crippen LogP contribution in [-0.4, -0.2) is 17.8 Å². The van der Waals surface area contributed by atoms with Crippen molar-refractivity contribution in [1.82, 2.24) is 0 Å². The molecule has 0 bridgehead atoms. The third-order valence-corrected chi connectivity index (χ3v) is 2.80. The molecule has 0 heterocycles. The number of nitrogens with one attached hydrogen (secondary N) is 2. The zero-order valence-corrected chi connectivity index (χ0v) is 10.6. The highest BCUT2D eigenvalue weighted by Gasteiger charge is 2.20. The second kappa shape index (κ2) is 5.67. The molecule has 3 N–H and O–H groups in total. The van der Waals surface area contributed by atoms with Crippen LogP contribution in [0, 0.1) is 0 Å². The van der Waals surface area contributed by atoms with Crippen molar-refractivity contribution in [2.75, 3.05) is 17.2 Å². The first kappa shape index (κ1) is 13.3. The Morgan fingerprint density at radius 3 is 2.21 bits per heavy atom. The first-order valence-corrected chi connectivity index (χ1v) is 6.12. The van der Waals surface area contributed by atoms with E-state index < -0.39 is 17.0 Å². The van der Waals surface area contributed by atoms with Crippen LogP contribution in [0.5, 0.6) is 0 Å². The second-order valence-corrected chi connectivity index (χ2v) is 4.48. The molecule has 0 aromatic heterocycles. The van der Waals surface area contributed by atoms with Crippen LogP contribution in [0.1, 0.15) is 12.5 Å². The van der Waals surface area contributed by atoms with E-state index in [9.17, 15) is 9.59 Å². The molecule has 0 amide bonds. The van der Waals surface area contributed by atoms with Gasteiger partial charge in [-0.2, -0.15) is 0 Å². The van der Waals surface area contributed by atoms with Gasteiger partial charge in [0.25, 0.3) is 10.9 Å². The van der Waals surface area contributed by atoms with Crippen molar-refractivity contribution >= 4 is 11.4 Å². The van der Waals surface area contributed by atoms with Crippen molar-refractivity contribution in [2.24, 2.45) is 0 Å². The van der Waals surface area contributed by atoms with Crippen LogP contribution in [-0.2, 0) is 6.54 Å². The summed E-state index contributed by atoms with van der Waals surface area (Å²) in [4.78, 5) is 22.9. The lowest BCUT2D eigenvalue weighted by Gasteiger charge is -2.15. The summed E-state index contributed by atoms with van der Waals surface area (Å²) in [6, 6.07) is 9.59. The van der Waals surface area contributed by atoms with Gasteiger partial charge in [-0.05, 0) is 12.5 Å². The summed E-state index contributed by atoms with van der Waals surface area (Å²) in [5.41, 5.74) is 0.550. The maximum absolute atomic E-state index is 11.5. The normalized spacial score (nSPS) is 12.3. The van der Waals surface area contributed by atoms with Gasteiger partial charge in [0.2, 0.25) is 0 Å². The summed E-state index contributed by atoms with van der Waals surface area (Å²) in [5, 5.41) is 14.9. The van der Waals surface area contributed by atoms with Crippen molar-refractivity contribution < 1.29 is 5.11 Å². The van der Waals surface area contributed by atoms with Crippen molar-refractivity contribution in [3.05, 3.63) is 56.3 Å². The Kier molecular flexibility index (Phi) is 3.97. The number of rotatable bonds is 6. The van der Waals surface area contributed by atoms with E-state index >= 15 is 0 Å². The largest absolute Gasteiger partial charge is 0.392 e. The molecule has 2 aromatic carbocycles. The standard InChI is InChI=1S/C14H16N2O3/c1-9(17)7-15-11-12(14(19)13(11)18)16-8-10-5-3-2-4-6-10/h2-6,9,15-17H,7-8H2,1H3/t9-/m0/s1. The van der Waals surface area contributed by atoms with Crippen molar-refractivity contribution in [2.45, 2.75) is 19.6 Å². The van der Waals surface area contributed by atoms with Crippen LogP contribution in [0.25, 0.3) is 0 Å². The summed E-state index contributed by atoms with van der Waals surface area (Å²) in [6.07, 6.45) is -0.577. The Morgan fingerprint density at radius 1 is 1.05 bits per heavy atom. The summed E-state index contributed by atoms with van der Waals surface area (Å²) < 4.78 is 0. The molecule has 0 unspecified atom stereocenters. The lowest BCUT2D eigenvalue weighted by molar-refractivity contribution is 0.208. The highest BCUT2D eigenvalue weighted by molar-refractivity contribution is 5.73. The summed E-state index contributed by atoms with van der Waals surface area (Å²) in [7, 11) is 0. The average Bonchev–Trinajstić information content (AvgIpc) is 2.42. The number of anilines is 2. The van der Waals surface area contributed by atoms with Crippen molar-refractivity contribution in [1.29, 1.82) is 0 Å². The number of benzene rings is 1. The zero-order chi connectivity index (χ0) is 13.8. The lowest BCUT2D eigenvalue weighted by atomic mass is 10.1. The average molecular weight is 260 g/mol. The van der Waals surface area contributed by atoms with Crippen molar-refractivity contribution in [3.63, 3.8) is 0 Å². The predicted octanol–water partition coefficient (Wildman–Crippen LogP) is 0.687. The Labute approximate surface area is 110 Å². The monoisotopic (exact) mass is 260 g/mol.